The van der Waals surface area contributed by atoms with Gasteiger partial charge in [0.05, 0.1) is 5.69 Å². The number of nitrogens with one attached hydrogen (secondary N) is 1. The molecule has 98 valence electrons. The lowest BCUT2D eigenvalue weighted by Crippen LogP contribution is -2.52. The lowest BCUT2D eigenvalue weighted by Gasteiger charge is -2.36. The van der Waals surface area contributed by atoms with Crippen LogP contribution in [0.4, 0.5) is 14.5 Å². The van der Waals surface area contributed by atoms with Crippen molar-refractivity contribution in [1.82, 2.24) is 5.32 Å². The minimum atomic E-state index is -0.544. The van der Waals surface area contributed by atoms with E-state index >= 15 is 0 Å². The molecule has 2 aliphatic rings. The van der Waals surface area contributed by atoms with E-state index in [-0.39, 0.29) is 0 Å². The second-order valence-electron chi connectivity index (χ2n) is 5.06. The maximum atomic E-state index is 13.9. The van der Waals surface area contributed by atoms with Crippen LogP contribution in [0.2, 0.25) is 0 Å². The zero-order valence-corrected chi connectivity index (χ0v) is 11.5. The third kappa shape index (κ3) is 2.38. The summed E-state index contributed by atoms with van der Waals surface area (Å²) in [5.74, 6) is -0.301. The van der Waals surface area contributed by atoms with Crippen molar-refractivity contribution in [3.8, 4) is 0 Å². The van der Waals surface area contributed by atoms with Crippen LogP contribution >= 0.6 is 15.9 Å². The predicted octanol–water partition coefficient (Wildman–Crippen LogP) is 2.92. The Morgan fingerprint density at radius 2 is 2.06 bits per heavy atom. The molecule has 2 fully saturated rings. The Morgan fingerprint density at radius 1 is 1.28 bits per heavy atom. The van der Waals surface area contributed by atoms with Crippen molar-refractivity contribution in [2.45, 2.75) is 18.9 Å². The zero-order valence-electron chi connectivity index (χ0n) is 9.93. The van der Waals surface area contributed by atoms with Crippen LogP contribution in [0.15, 0.2) is 16.6 Å². The smallest absolute Gasteiger partial charge is 0.150 e. The summed E-state index contributed by atoms with van der Waals surface area (Å²) in [4.78, 5) is 2.01. The van der Waals surface area contributed by atoms with E-state index in [4.69, 9.17) is 0 Å². The van der Waals surface area contributed by atoms with E-state index in [9.17, 15) is 8.78 Å². The number of piperazine rings is 1. The largest absolute Gasteiger partial charge is 0.365 e. The Kier molecular flexibility index (Phi) is 3.28. The van der Waals surface area contributed by atoms with E-state index in [1.165, 1.54) is 18.9 Å². The Labute approximate surface area is 113 Å². The molecule has 5 heteroatoms. The quantitative estimate of drug-likeness (QED) is 0.902. The van der Waals surface area contributed by atoms with E-state index < -0.39 is 11.6 Å². The van der Waals surface area contributed by atoms with Crippen molar-refractivity contribution >= 4 is 21.6 Å². The number of benzene rings is 1. The van der Waals surface area contributed by atoms with Gasteiger partial charge in [0, 0.05) is 36.2 Å². The molecule has 1 atom stereocenters. The van der Waals surface area contributed by atoms with Crippen LogP contribution in [-0.2, 0) is 0 Å². The maximum Gasteiger partial charge on any atom is 0.150 e. The lowest BCUT2D eigenvalue weighted by atomic mass is 10.1. The second-order valence-corrected chi connectivity index (χ2v) is 5.92. The molecule has 1 heterocycles. The van der Waals surface area contributed by atoms with Gasteiger partial charge in [-0.3, -0.25) is 0 Å². The first-order chi connectivity index (χ1) is 8.65. The highest BCUT2D eigenvalue weighted by Crippen LogP contribution is 2.36. The summed E-state index contributed by atoms with van der Waals surface area (Å²) in [6.07, 6.45) is 2.52. The van der Waals surface area contributed by atoms with Gasteiger partial charge in [-0.2, -0.15) is 0 Å². The molecule has 1 saturated carbocycles. The minimum absolute atomic E-state index is 0.440. The molecule has 2 nitrogen and oxygen atoms in total. The first-order valence-corrected chi connectivity index (χ1v) is 7.07. The van der Waals surface area contributed by atoms with E-state index in [2.05, 4.69) is 21.2 Å². The molecule has 1 N–H and O–H groups in total. The average molecular weight is 317 g/mol. The maximum absolute atomic E-state index is 13.9. The molecule has 0 spiro atoms. The van der Waals surface area contributed by atoms with Crippen molar-refractivity contribution in [2.75, 3.05) is 24.5 Å². The Morgan fingerprint density at radius 3 is 2.72 bits per heavy atom. The molecule has 0 amide bonds. The van der Waals surface area contributed by atoms with Gasteiger partial charge in [0.1, 0.15) is 5.82 Å². The normalized spacial score (nSPS) is 24.4. The summed E-state index contributed by atoms with van der Waals surface area (Å²) >= 11 is 3.26. The molecule has 3 rings (SSSR count). The van der Waals surface area contributed by atoms with Crippen LogP contribution < -0.4 is 10.2 Å². The van der Waals surface area contributed by atoms with Crippen molar-refractivity contribution < 1.29 is 8.78 Å². The standard InChI is InChI=1S/C13H15BrF2N2/c14-10-5-9(15)6-11(16)13(10)18-4-3-17-12(7-18)8-1-2-8/h5-6,8,12,17H,1-4,7H2. The molecular formula is C13H15BrF2N2. The number of hydrogen-bond donors (Lipinski definition) is 1. The summed E-state index contributed by atoms with van der Waals surface area (Å²) < 4.78 is 27.5. The zero-order chi connectivity index (χ0) is 12.7. The van der Waals surface area contributed by atoms with Crippen molar-refractivity contribution in [1.29, 1.82) is 0 Å². The molecule has 0 aromatic heterocycles. The second kappa shape index (κ2) is 4.78. The molecule has 1 saturated heterocycles. The predicted molar refractivity (Wildman–Crippen MR) is 70.8 cm³/mol. The fraction of sp³-hybridized carbons (Fsp3) is 0.538. The van der Waals surface area contributed by atoms with Crippen LogP contribution in [-0.4, -0.2) is 25.7 Å². The fourth-order valence-corrected chi connectivity index (χ4v) is 3.29. The highest BCUT2D eigenvalue weighted by atomic mass is 79.9. The molecule has 1 aromatic carbocycles. The van der Waals surface area contributed by atoms with Gasteiger partial charge in [0.25, 0.3) is 0 Å². The van der Waals surface area contributed by atoms with Gasteiger partial charge < -0.3 is 10.2 Å². The van der Waals surface area contributed by atoms with E-state index in [1.807, 2.05) is 4.90 Å². The summed E-state index contributed by atoms with van der Waals surface area (Å²) in [5, 5.41) is 3.48. The molecule has 0 radical (unpaired) electrons. The third-order valence-corrected chi connectivity index (χ3v) is 4.30. The molecule has 0 bridgehead atoms. The molecule has 1 aromatic rings. The van der Waals surface area contributed by atoms with Gasteiger partial charge in [-0.25, -0.2) is 8.78 Å². The van der Waals surface area contributed by atoms with Gasteiger partial charge in [-0.15, -0.1) is 0 Å². The molecule has 1 unspecified atom stereocenters. The summed E-state index contributed by atoms with van der Waals surface area (Å²) in [6.45, 7) is 2.40. The van der Waals surface area contributed by atoms with Crippen LogP contribution in [0.5, 0.6) is 0 Å². The van der Waals surface area contributed by atoms with Crippen molar-refractivity contribution in [3.63, 3.8) is 0 Å². The molecule has 1 aliphatic carbocycles. The highest BCUT2D eigenvalue weighted by molar-refractivity contribution is 9.10. The van der Waals surface area contributed by atoms with Gasteiger partial charge in [-0.05, 0) is 40.8 Å². The van der Waals surface area contributed by atoms with Crippen molar-refractivity contribution in [3.05, 3.63) is 28.2 Å². The molecular weight excluding hydrogens is 302 g/mol. The van der Waals surface area contributed by atoms with Crippen LogP contribution in [0.3, 0.4) is 0 Å². The number of nitrogens with zero attached hydrogens (tertiary/aromatic N) is 1. The summed E-state index contributed by atoms with van der Waals surface area (Å²) in [6, 6.07) is 2.72. The molecule has 18 heavy (non-hydrogen) atoms. The van der Waals surface area contributed by atoms with Gasteiger partial charge in [0.2, 0.25) is 0 Å². The van der Waals surface area contributed by atoms with E-state index in [0.29, 0.717) is 16.2 Å². The van der Waals surface area contributed by atoms with Crippen LogP contribution in [0.25, 0.3) is 0 Å². The minimum Gasteiger partial charge on any atom is -0.365 e. The van der Waals surface area contributed by atoms with Crippen molar-refractivity contribution in [2.24, 2.45) is 5.92 Å². The lowest BCUT2D eigenvalue weighted by molar-refractivity contribution is 0.415. The van der Waals surface area contributed by atoms with Gasteiger partial charge in [-0.1, -0.05) is 0 Å². The SMILES string of the molecule is Fc1cc(F)c(N2CCNC(C3CC3)C2)c(Br)c1. The third-order valence-electron chi connectivity index (χ3n) is 3.69. The van der Waals surface area contributed by atoms with Crippen LogP contribution in [0.1, 0.15) is 12.8 Å². The number of hydrogen-bond acceptors (Lipinski definition) is 2. The van der Waals surface area contributed by atoms with E-state index in [1.54, 1.807) is 0 Å². The van der Waals surface area contributed by atoms with Gasteiger partial charge >= 0.3 is 0 Å². The number of halogens is 3. The number of anilines is 1. The molecule has 1 aliphatic heterocycles. The topological polar surface area (TPSA) is 15.3 Å². The fourth-order valence-electron chi connectivity index (χ4n) is 2.63. The van der Waals surface area contributed by atoms with E-state index in [0.717, 1.165) is 31.6 Å². The summed E-state index contributed by atoms with van der Waals surface area (Å²) in [7, 11) is 0. The first kappa shape index (κ1) is 12.4. The highest BCUT2D eigenvalue weighted by Gasteiger charge is 2.35. The average Bonchev–Trinajstić information content (AvgIpc) is 3.11. The van der Waals surface area contributed by atoms with Crippen LogP contribution in [0, 0.1) is 17.6 Å². The Hall–Kier alpha value is -0.680. The number of rotatable bonds is 2. The Balaban J connectivity index is 1.85. The van der Waals surface area contributed by atoms with Gasteiger partial charge in [0.15, 0.2) is 5.82 Å². The monoisotopic (exact) mass is 316 g/mol. The first-order valence-electron chi connectivity index (χ1n) is 6.28. The summed E-state index contributed by atoms with van der Waals surface area (Å²) in [5.41, 5.74) is 0.489. The Bertz CT molecular complexity index is 439.